The lowest BCUT2D eigenvalue weighted by Gasteiger charge is -2.19. The summed E-state index contributed by atoms with van der Waals surface area (Å²) in [6.07, 6.45) is 0.464. The van der Waals surface area contributed by atoms with Crippen LogP contribution < -0.4 is 21.9 Å². The molecule has 1 aromatic heterocycles. The smallest absolute Gasteiger partial charge is 0.330 e. The normalized spacial score (nSPS) is 11.6. The van der Waals surface area contributed by atoms with Gasteiger partial charge in [-0.05, 0) is 11.1 Å². The Balaban J connectivity index is 1.73. The van der Waals surface area contributed by atoms with Crippen molar-refractivity contribution in [2.75, 3.05) is 0 Å². The first-order valence-electron chi connectivity index (χ1n) is 10.3. The number of benzene rings is 2. The highest BCUT2D eigenvalue weighted by atomic mass is 16.2. The van der Waals surface area contributed by atoms with E-state index >= 15 is 0 Å². The van der Waals surface area contributed by atoms with Gasteiger partial charge < -0.3 is 10.6 Å². The van der Waals surface area contributed by atoms with E-state index in [0.29, 0.717) is 12.1 Å². The van der Waals surface area contributed by atoms with Crippen LogP contribution in [0.3, 0.4) is 0 Å². The van der Waals surface area contributed by atoms with Gasteiger partial charge in [0.15, 0.2) is 0 Å². The first kappa shape index (κ1) is 22.7. The molecule has 3 rings (SSSR count). The second kappa shape index (κ2) is 10.4. The number of aromatic nitrogens is 2. The molecule has 1 atom stereocenters. The topological polar surface area (TPSA) is 102 Å². The number of hydrogen-bond acceptors (Lipinski definition) is 4. The predicted molar refractivity (Wildman–Crippen MR) is 121 cm³/mol. The fourth-order valence-corrected chi connectivity index (χ4v) is 3.33. The van der Waals surface area contributed by atoms with Crippen molar-refractivity contribution in [3.05, 3.63) is 104 Å². The van der Waals surface area contributed by atoms with E-state index in [2.05, 4.69) is 10.6 Å². The molecular formula is C24H26N4O4. The lowest BCUT2D eigenvalue weighted by atomic mass is 10.0. The molecule has 0 unspecified atom stereocenters. The second-order valence-electron chi connectivity index (χ2n) is 7.56. The van der Waals surface area contributed by atoms with Gasteiger partial charge in [-0.1, -0.05) is 60.7 Å². The Morgan fingerprint density at radius 1 is 0.875 bits per heavy atom. The van der Waals surface area contributed by atoms with Crippen molar-refractivity contribution in [3.8, 4) is 0 Å². The average molecular weight is 434 g/mol. The van der Waals surface area contributed by atoms with Crippen LogP contribution in [0.4, 0.5) is 0 Å². The highest BCUT2D eigenvalue weighted by molar-refractivity contribution is 5.88. The van der Waals surface area contributed by atoms with Gasteiger partial charge in [0.25, 0.3) is 5.56 Å². The minimum absolute atomic E-state index is 0.0134. The van der Waals surface area contributed by atoms with Gasteiger partial charge in [-0.3, -0.25) is 23.5 Å². The molecule has 2 aromatic carbocycles. The second-order valence-corrected chi connectivity index (χ2v) is 7.56. The SMILES string of the molecule is Cn1c(CNC(=O)[C@@H](Cc2ccccc2)NC(=O)Cc2ccccc2)cc(=O)n(C)c1=O. The Morgan fingerprint density at radius 2 is 1.47 bits per heavy atom. The Bertz CT molecular complexity index is 1200. The van der Waals surface area contributed by atoms with Crippen molar-refractivity contribution < 1.29 is 9.59 Å². The van der Waals surface area contributed by atoms with E-state index in [1.165, 1.54) is 24.7 Å². The quantitative estimate of drug-likeness (QED) is 0.544. The van der Waals surface area contributed by atoms with Crippen molar-refractivity contribution in [1.82, 2.24) is 19.8 Å². The fourth-order valence-electron chi connectivity index (χ4n) is 3.33. The summed E-state index contributed by atoms with van der Waals surface area (Å²) >= 11 is 0. The van der Waals surface area contributed by atoms with Gasteiger partial charge in [0.05, 0.1) is 13.0 Å². The molecule has 0 saturated carbocycles. The number of hydrogen-bond donors (Lipinski definition) is 2. The maximum absolute atomic E-state index is 13.0. The van der Waals surface area contributed by atoms with Crippen LogP contribution in [0, 0.1) is 0 Å². The highest BCUT2D eigenvalue weighted by Gasteiger charge is 2.21. The van der Waals surface area contributed by atoms with Crippen molar-refractivity contribution in [1.29, 1.82) is 0 Å². The number of rotatable bonds is 8. The molecule has 0 saturated heterocycles. The zero-order chi connectivity index (χ0) is 23.1. The van der Waals surface area contributed by atoms with Crippen LogP contribution in [0.1, 0.15) is 16.8 Å². The molecule has 0 radical (unpaired) electrons. The molecule has 0 spiro atoms. The van der Waals surface area contributed by atoms with E-state index < -0.39 is 23.2 Å². The summed E-state index contributed by atoms with van der Waals surface area (Å²) in [5.41, 5.74) is 1.20. The molecule has 2 amide bonds. The van der Waals surface area contributed by atoms with E-state index in [4.69, 9.17) is 0 Å². The van der Waals surface area contributed by atoms with E-state index in [1.54, 1.807) is 0 Å². The molecule has 166 valence electrons. The number of carbonyl (C=O) groups excluding carboxylic acids is 2. The summed E-state index contributed by atoms with van der Waals surface area (Å²) in [4.78, 5) is 49.6. The molecule has 0 bridgehead atoms. The number of nitrogens with zero attached hydrogens (tertiary/aromatic N) is 2. The lowest BCUT2D eigenvalue weighted by molar-refractivity contribution is -0.128. The average Bonchev–Trinajstić information content (AvgIpc) is 2.80. The Kier molecular flexibility index (Phi) is 7.38. The lowest BCUT2D eigenvalue weighted by Crippen LogP contribution is -2.49. The third kappa shape index (κ3) is 5.81. The summed E-state index contributed by atoms with van der Waals surface area (Å²) in [5, 5.41) is 5.55. The van der Waals surface area contributed by atoms with Gasteiger partial charge in [0.1, 0.15) is 6.04 Å². The van der Waals surface area contributed by atoms with Crippen LogP contribution in [0.5, 0.6) is 0 Å². The molecule has 0 fully saturated rings. The Morgan fingerprint density at radius 3 is 2.09 bits per heavy atom. The summed E-state index contributed by atoms with van der Waals surface area (Å²) in [5.74, 6) is -0.670. The van der Waals surface area contributed by atoms with Gasteiger partial charge in [-0.15, -0.1) is 0 Å². The van der Waals surface area contributed by atoms with Crippen LogP contribution in [0.15, 0.2) is 76.3 Å². The van der Waals surface area contributed by atoms with Crippen molar-refractivity contribution in [3.63, 3.8) is 0 Å². The van der Waals surface area contributed by atoms with Crippen LogP contribution in [-0.4, -0.2) is 27.0 Å². The summed E-state index contributed by atoms with van der Waals surface area (Å²) in [6, 6.07) is 19.2. The van der Waals surface area contributed by atoms with Crippen LogP contribution in [-0.2, 0) is 43.1 Å². The van der Waals surface area contributed by atoms with E-state index in [9.17, 15) is 19.2 Å². The third-order valence-electron chi connectivity index (χ3n) is 5.21. The zero-order valence-corrected chi connectivity index (χ0v) is 18.1. The maximum Gasteiger partial charge on any atom is 0.330 e. The third-order valence-corrected chi connectivity index (χ3v) is 5.21. The molecular weight excluding hydrogens is 408 g/mol. The van der Waals surface area contributed by atoms with Crippen molar-refractivity contribution in [2.24, 2.45) is 14.1 Å². The first-order chi connectivity index (χ1) is 15.3. The minimum atomic E-state index is -0.808. The van der Waals surface area contributed by atoms with E-state index in [0.717, 1.165) is 15.7 Å². The fraction of sp³-hybridized carbons (Fsp3) is 0.250. The summed E-state index contributed by atoms with van der Waals surface area (Å²) in [6.45, 7) is -0.0134. The van der Waals surface area contributed by atoms with Gasteiger partial charge in [0.2, 0.25) is 11.8 Å². The summed E-state index contributed by atoms with van der Waals surface area (Å²) in [7, 11) is 2.93. The number of amides is 2. The van der Waals surface area contributed by atoms with Crippen LogP contribution >= 0.6 is 0 Å². The Labute approximate surface area is 185 Å². The summed E-state index contributed by atoms with van der Waals surface area (Å²) < 4.78 is 2.30. The Hall–Kier alpha value is -3.94. The van der Waals surface area contributed by atoms with Gasteiger partial charge in [0, 0.05) is 32.3 Å². The molecule has 32 heavy (non-hydrogen) atoms. The molecule has 0 aliphatic carbocycles. The predicted octanol–water partition coefficient (Wildman–Crippen LogP) is 0.670. The molecule has 3 aromatic rings. The van der Waals surface area contributed by atoms with Crippen molar-refractivity contribution in [2.45, 2.75) is 25.4 Å². The van der Waals surface area contributed by atoms with Crippen molar-refractivity contribution >= 4 is 11.8 Å². The maximum atomic E-state index is 13.0. The highest BCUT2D eigenvalue weighted by Crippen LogP contribution is 2.06. The van der Waals surface area contributed by atoms with Gasteiger partial charge in [-0.2, -0.15) is 0 Å². The molecule has 1 heterocycles. The van der Waals surface area contributed by atoms with Gasteiger partial charge in [-0.25, -0.2) is 4.79 Å². The standard InChI is InChI=1S/C24H26N4O4/c1-27-19(15-22(30)28(2)24(27)32)16-25-23(31)20(13-17-9-5-3-6-10-17)26-21(29)14-18-11-7-4-8-12-18/h3-12,15,20H,13-14,16H2,1-2H3,(H,25,31)(H,26,29)/t20-/m1/s1. The molecule has 0 aliphatic rings. The molecule has 8 nitrogen and oxygen atoms in total. The number of nitrogens with one attached hydrogen (secondary N) is 2. The molecule has 0 aliphatic heterocycles. The van der Waals surface area contributed by atoms with Crippen LogP contribution in [0.25, 0.3) is 0 Å². The largest absolute Gasteiger partial charge is 0.349 e. The van der Waals surface area contributed by atoms with E-state index in [1.807, 2.05) is 60.7 Å². The first-order valence-corrected chi connectivity index (χ1v) is 10.3. The zero-order valence-electron chi connectivity index (χ0n) is 18.1. The van der Waals surface area contributed by atoms with Gasteiger partial charge >= 0.3 is 5.69 Å². The molecule has 8 heteroatoms. The molecule has 2 N–H and O–H groups in total. The monoisotopic (exact) mass is 434 g/mol. The van der Waals surface area contributed by atoms with E-state index in [-0.39, 0.29) is 18.9 Å². The minimum Gasteiger partial charge on any atom is -0.349 e. The number of carbonyl (C=O) groups is 2. The van der Waals surface area contributed by atoms with Crippen LogP contribution in [0.2, 0.25) is 0 Å².